The number of nitrogens with one attached hydrogen (secondary N) is 1. The van der Waals surface area contributed by atoms with Crippen LogP contribution in [0.25, 0.3) is 0 Å². The number of piperidine rings is 1. The average Bonchev–Trinajstić information content (AvgIpc) is 2.76. The van der Waals surface area contributed by atoms with Crippen LogP contribution >= 0.6 is 23.2 Å². The fourth-order valence-corrected chi connectivity index (χ4v) is 4.26. The molecule has 7 heteroatoms. The lowest BCUT2D eigenvalue weighted by Crippen LogP contribution is -2.45. The highest BCUT2D eigenvalue weighted by Crippen LogP contribution is 2.33. The summed E-state index contributed by atoms with van der Waals surface area (Å²) in [6.45, 7) is 5.74. The molecule has 2 aliphatic rings. The second kappa shape index (κ2) is 9.46. The van der Waals surface area contributed by atoms with E-state index in [1.54, 1.807) is 0 Å². The molecule has 1 saturated heterocycles. The van der Waals surface area contributed by atoms with Gasteiger partial charge >= 0.3 is 0 Å². The topological polar surface area (TPSA) is 50.8 Å². The summed E-state index contributed by atoms with van der Waals surface area (Å²) in [5, 5.41) is 4.39. The quantitative estimate of drug-likeness (QED) is 0.722. The monoisotopic (exact) mass is 448 g/mol. The van der Waals surface area contributed by atoms with E-state index in [-0.39, 0.29) is 17.9 Å². The van der Waals surface area contributed by atoms with Crippen LogP contribution in [0, 0.1) is 0 Å². The highest BCUT2D eigenvalue weighted by atomic mass is 35.5. The van der Waals surface area contributed by atoms with Crippen molar-refractivity contribution >= 4 is 29.1 Å². The molecule has 0 bridgehead atoms. The number of likely N-dealkylation sites (tertiary alicyclic amines) is 1. The number of hydrogen-bond donors (Lipinski definition) is 1. The predicted octanol–water partition coefficient (Wildman–Crippen LogP) is 4.65. The molecule has 2 aliphatic heterocycles. The van der Waals surface area contributed by atoms with Crippen molar-refractivity contribution in [2.75, 3.05) is 26.3 Å². The van der Waals surface area contributed by atoms with Crippen LogP contribution in [0.4, 0.5) is 0 Å². The van der Waals surface area contributed by atoms with Gasteiger partial charge in [0.05, 0.1) is 16.0 Å². The minimum absolute atomic E-state index is 0.0506. The Labute approximate surface area is 187 Å². The van der Waals surface area contributed by atoms with Crippen molar-refractivity contribution in [2.24, 2.45) is 0 Å². The third-order valence-electron chi connectivity index (χ3n) is 5.78. The van der Waals surface area contributed by atoms with Crippen molar-refractivity contribution in [3.63, 3.8) is 0 Å². The summed E-state index contributed by atoms with van der Waals surface area (Å²) in [4.78, 5) is 15.2. The van der Waals surface area contributed by atoms with Crippen LogP contribution in [-0.4, -0.2) is 43.2 Å². The molecule has 1 unspecified atom stereocenters. The number of carbonyl (C=O) groups is 1. The number of nitrogens with zero attached hydrogens (tertiary/aromatic N) is 1. The average molecular weight is 449 g/mol. The highest BCUT2D eigenvalue weighted by molar-refractivity contribution is 6.42. The van der Waals surface area contributed by atoms with E-state index in [4.69, 9.17) is 32.7 Å². The minimum Gasteiger partial charge on any atom is -0.486 e. The Kier molecular flexibility index (Phi) is 6.71. The number of carbonyl (C=O) groups excluding carboxylic acids is 1. The zero-order valence-electron chi connectivity index (χ0n) is 17.0. The van der Waals surface area contributed by atoms with Crippen molar-refractivity contribution in [3.05, 3.63) is 57.6 Å². The van der Waals surface area contributed by atoms with Crippen LogP contribution < -0.4 is 14.8 Å². The Balaban J connectivity index is 1.28. The van der Waals surface area contributed by atoms with E-state index in [2.05, 4.69) is 10.2 Å². The van der Waals surface area contributed by atoms with Gasteiger partial charge in [0, 0.05) is 25.7 Å². The van der Waals surface area contributed by atoms with Crippen LogP contribution in [0.5, 0.6) is 11.5 Å². The number of amides is 1. The van der Waals surface area contributed by atoms with Gasteiger partial charge in [-0.2, -0.15) is 0 Å². The maximum Gasteiger partial charge on any atom is 0.227 e. The van der Waals surface area contributed by atoms with Gasteiger partial charge in [0.2, 0.25) is 5.91 Å². The first-order valence-corrected chi connectivity index (χ1v) is 11.1. The molecule has 4 rings (SSSR count). The molecule has 2 aromatic rings. The van der Waals surface area contributed by atoms with E-state index in [1.165, 1.54) is 0 Å². The molecule has 160 valence electrons. The molecule has 0 aliphatic carbocycles. The molecule has 2 aromatic carbocycles. The number of benzene rings is 2. The van der Waals surface area contributed by atoms with Crippen molar-refractivity contribution in [1.29, 1.82) is 0 Å². The van der Waals surface area contributed by atoms with Crippen molar-refractivity contribution < 1.29 is 14.3 Å². The lowest BCUT2D eigenvalue weighted by Gasteiger charge is -2.33. The molecule has 30 heavy (non-hydrogen) atoms. The molecule has 1 fully saturated rings. The third kappa shape index (κ3) is 5.02. The SMILES string of the molecule is CC(C(=O)NC1CCN(Cc2ccc(Cl)c(Cl)c2)CC1)c1ccc2c(c1)OCCO2. The summed E-state index contributed by atoms with van der Waals surface area (Å²) in [5.74, 6) is 1.27. The van der Waals surface area contributed by atoms with Crippen molar-refractivity contribution in [3.8, 4) is 11.5 Å². The van der Waals surface area contributed by atoms with Gasteiger partial charge in [-0.25, -0.2) is 0 Å². The van der Waals surface area contributed by atoms with Crippen LogP contribution in [0.2, 0.25) is 10.0 Å². The molecule has 2 heterocycles. The van der Waals surface area contributed by atoms with E-state index < -0.39 is 0 Å². The summed E-state index contributed by atoms with van der Waals surface area (Å²) < 4.78 is 11.2. The van der Waals surface area contributed by atoms with Crippen LogP contribution in [0.15, 0.2) is 36.4 Å². The van der Waals surface area contributed by atoms with E-state index in [0.717, 1.165) is 49.4 Å². The Hall–Kier alpha value is -1.95. The van der Waals surface area contributed by atoms with Gasteiger partial charge in [0.15, 0.2) is 11.5 Å². The number of rotatable bonds is 5. The Bertz CT molecular complexity index is 913. The summed E-state index contributed by atoms with van der Waals surface area (Å²) in [7, 11) is 0. The van der Waals surface area contributed by atoms with E-state index >= 15 is 0 Å². The van der Waals surface area contributed by atoms with Gasteiger partial charge in [-0.3, -0.25) is 9.69 Å². The number of hydrogen-bond acceptors (Lipinski definition) is 4. The molecular weight excluding hydrogens is 423 g/mol. The van der Waals surface area contributed by atoms with Crippen molar-refractivity contribution in [1.82, 2.24) is 10.2 Å². The predicted molar refractivity (Wildman–Crippen MR) is 119 cm³/mol. The summed E-state index contributed by atoms with van der Waals surface area (Å²) in [6.07, 6.45) is 1.86. The molecule has 0 saturated carbocycles. The first-order valence-electron chi connectivity index (χ1n) is 10.4. The van der Waals surface area contributed by atoms with Gasteiger partial charge in [0.1, 0.15) is 13.2 Å². The van der Waals surface area contributed by atoms with E-state index in [9.17, 15) is 4.79 Å². The Morgan fingerprint density at radius 3 is 2.53 bits per heavy atom. The minimum atomic E-state index is -0.241. The lowest BCUT2D eigenvalue weighted by molar-refractivity contribution is -0.123. The van der Waals surface area contributed by atoms with E-state index in [0.29, 0.717) is 29.0 Å². The summed E-state index contributed by atoms with van der Waals surface area (Å²) in [5.41, 5.74) is 2.09. The van der Waals surface area contributed by atoms with Crippen LogP contribution in [-0.2, 0) is 11.3 Å². The molecule has 0 aromatic heterocycles. The van der Waals surface area contributed by atoms with Gasteiger partial charge in [-0.1, -0.05) is 35.3 Å². The number of fused-ring (bicyclic) bond motifs is 1. The second-order valence-corrected chi connectivity index (χ2v) is 8.75. The van der Waals surface area contributed by atoms with E-state index in [1.807, 2.05) is 43.3 Å². The summed E-state index contributed by atoms with van der Waals surface area (Å²) >= 11 is 12.1. The van der Waals surface area contributed by atoms with Gasteiger partial charge in [-0.05, 0) is 55.2 Å². The van der Waals surface area contributed by atoms with Crippen molar-refractivity contribution in [2.45, 2.75) is 38.3 Å². The second-order valence-electron chi connectivity index (χ2n) is 7.93. The molecule has 1 amide bonds. The lowest BCUT2D eigenvalue weighted by atomic mass is 9.97. The molecule has 5 nitrogen and oxygen atoms in total. The maximum atomic E-state index is 12.8. The third-order valence-corrected chi connectivity index (χ3v) is 6.52. The largest absolute Gasteiger partial charge is 0.486 e. The van der Waals surface area contributed by atoms with Gasteiger partial charge in [0.25, 0.3) is 0 Å². The maximum absolute atomic E-state index is 12.8. The fourth-order valence-electron chi connectivity index (χ4n) is 3.94. The van der Waals surface area contributed by atoms with Gasteiger partial charge in [-0.15, -0.1) is 0 Å². The zero-order chi connectivity index (χ0) is 21.1. The van der Waals surface area contributed by atoms with Crippen LogP contribution in [0.3, 0.4) is 0 Å². The summed E-state index contributed by atoms with van der Waals surface area (Å²) in [6, 6.07) is 11.7. The number of ether oxygens (including phenoxy) is 2. The Morgan fingerprint density at radius 1 is 1.07 bits per heavy atom. The van der Waals surface area contributed by atoms with Crippen LogP contribution in [0.1, 0.15) is 36.8 Å². The highest BCUT2D eigenvalue weighted by Gasteiger charge is 2.24. The molecule has 1 N–H and O–H groups in total. The smallest absolute Gasteiger partial charge is 0.227 e. The standard InChI is InChI=1S/C23H26Cl2N2O3/c1-15(17-3-5-21-22(13-17)30-11-10-29-21)23(28)26-18-6-8-27(9-7-18)14-16-2-4-19(24)20(25)12-16/h2-5,12-13,15,18H,6-11,14H2,1H3,(H,26,28). The molecule has 1 atom stereocenters. The molecule has 0 spiro atoms. The molecule has 0 radical (unpaired) electrons. The fraction of sp³-hybridized carbons (Fsp3) is 0.435. The first kappa shape index (κ1) is 21.3. The number of halogens is 2. The molecular formula is C23H26Cl2N2O3. The first-order chi connectivity index (χ1) is 14.5. The Morgan fingerprint density at radius 2 is 1.80 bits per heavy atom. The normalized spacial score (nSPS) is 18.1. The zero-order valence-corrected chi connectivity index (χ0v) is 18.5. The van der Waals surface area contributed by atoms with Gasteiger partial charge < -0.3 is 14.8 Å².